The van der Waals surface area contributed by atoms with Gasteiger partial charge in [0.1, 0.15) is 0 Å². The van der Waals surface area contributed by atoms with Crippen LogP contribution in [0.1, 0.15) is 36.1 Å². The van der Waals surface area contributed by atoms with E-state index < -0.39 is 0 Å². The number of nitrogens with zero attached hydrogens (tertiary/aromatic N) is 1. The predicted octanol–water partition coefficient (Wildman–Crippen LogP) is 6.43. The Morgan fingerprint density at radius 3 is 1.77 bits per heavy atom. The molecule has 0 unspecified atom stereocenters. The molecule has 0 aliphatic rings. The Bertz CT molecular complexity index is 818. The molecule has 132 valence electrons. The standard InChI is InChI=1S/C25H27N/c1-4-26(5-2)24-17-16-23(20(3)18-24)19-25(21-12-8-6-9-13-21)22-14-10-7-11-15-22/h6-19H,4-5H2,1-3H3. The zero-order valence-corrected chi connectivity index (χ0v) is 15.9. The average molecular weight is 341 g/mol. The number of anilines is 1. The summed E-state index contributed by atoms with van der Waals surface area (Å²) in [6.07, 6.45) is 2.31. The first-order valence-corrected chi connectivity index (χ1v) is 9.41. The molecule has 0 aromatic heterocycles. The van der Waals surface area contributed by atoms with Gasteiger partial charge in [-0.3, -0.25) is 0 Å². The zero-order chi connectivity index (χ0) is 18.4. The van der Waals surface area contributed by atoms with Crippen LogP contribution in [0.15, 0.2) is 78.9 Å². The second kappa shape index (κ2) is 8.53. The van der Waals surface area contributed by atoms with Crippen molar-refractivity contribution in [2.75, 3.05) is 18.0 Å². The summed E-state index contributed by atoms with van der Waals surface area (Å²) in [5.41, 5.74) is 7.61. The average Bonchev–Trinajstić information content (AvgIpc) is 2.70. The van der Waals surface area contributed by atoms with Crippen LogP contribution in [0.25, 0.3) is 11.6 Å². The van der Waals surface area contributed by atoms with Gasteiger partial charge in [-0.2, -0.15) is 0 Å². The van der Waals surface area contributed by atoms with Crippen molar-refractivity contribution in [1.29, 1.82) is 0 Å². The third-order valence-corrected chi connectivity index (χ3v) is 4.85. The second-order valence-corrected chi connectivity index (χ2v) is 6.50. The van der Waals surface area contributed by atoms with E-state index >= 15 is 0 Å². The van der Waals surface area contributed by atoms with Crippen LogP contribution in [0.3, 0.4) is 0 Å². The topological polar surface area (TPSA) is 3.24 Å². The predicted molar refractivity (Wildman–Crippen MR) is 115 cm³/mol. The Morgan fingerprint density at radius 2 is 1.31 bits per heavy atom. The fraction of sp³-hybridized carbons (Fsp3) is 0.200. The van der Waals surface area contributed by atoms with Crippen molar-refractivity contribution in [3.8, 4) is 0 Å². The van der Waals surface area contributed by atoms with Crippen LogP contribution in [-0.4, -0.2) is 13.1 Å². The highest BCUT2D eigenvalue weighted by atomic mass is 15.1. The molecule has 1 heteroatoms. The maximum atomic E-state index is 2.38. The summed E-state index contributed by atoms with van der Waals surface area (Å²) in [5.74, 6) is 0. The summed E-state index contributed by atoms with van der Waals surface area (Å²) < 4.78 is 0. The van der Waals surface area contributed by atoms with Crippen molar-refractivity contribution in [1.82, 2.24) is 0 Å². The van der Waals surface area contributed by atoms with E-state index in [9.17, 15) is 0 Å². The van der Waals surface area contributed by atoms with E-state index in [1.54, 1.807) is 0 Å². The Morgan fingerprint density at radius 1 is 0.769 bits per heavy atom. The van der Waals surface area contributed by atoms with Gasteiger partial charge in [0.25, 0.3) is 0 Å². The monoisotopic (exact) mass is 341 g/mol. The summed E-state index contributed by atoms with van der Waals surface area (Å²) in [4.78, 5) is 2.38. The minimum Gasteiger partial charge on any atom is -0.372 e. The molecular weight excluding hydrogens is 314 g/mol. The third-order valence-electron chi connectivity index (χ3n) is 4.85. The molecule has 0 atom stereocenters. The van der Waals surface area contributed by atoms with Gasteiger partial charge in [0, 0.05) is 18.8 Å². The maximum Gasteiger partial charge on any atom is 0.0369 e. The fourth-order valence-electron chi connectivity index (χ4n) is 3.33. The molecule has 0 N–H and O–H groups in total. The molecule has 0 heterocycles. The van der Waals surface area contributed by atoms with E-state index in [0.29, 0.717) is 0 Å². The Labute approximate surface area is 157 Å². The highest BCUT2D eigenvalue weighted by Crippen LogP contribution is 2.28. The van der Waals surface area contributed by atoms with E-state index in [2.05, 4.69) is 111 Å². The van der Waals surface area contributed by atoms with Gasteiger partial charge < -0.3 is 4.90 Å². The van der Waals surface area contributed by atoms with E-state index in [1.165, 1.54) is 33.5 Å². The largest absolute Gasteiger partial charge is 0.372 e. The third kappa shape index (κ3) is 4.05. The number of aryl methyl sites for hydroxylation is 1. The van der Waals surface area contributed by atoms with Crippen LogP contribution < -0.4 is 4.90 Å². The molecule has 0 spiro atoms. The summed E-state index contributed by atoms with van der Waals surface area (Å²) in [6.45, 7) is 8.67. The second-order valence-electron chi connectivity index (χ2n) is 6.50. The molecule has 0 amide bonds. The van der Waals surface area contributed by atoms with Crippen LogP contribution in [0.4, 0.5) is 5.69 Å². The molecule has 0 fully saturated rings. The minimum atomic E-state index is 1.03. The van der Waals surface area contributed by atoms with Crippen LogP contribution in [0.2, 0.25) is 0 Å². The number of hydrogen-bond donors (Lipinski definition) is 0. The molecule has 0 saturated heterocycles. The van der Waals surface area contributed by atoms with Crippen molar-refractivity contribution in [2.24, 2.45) is 0 Å². The molecule has 26 heavy (non-hydrogen) atoms. The van der Waals surface area contributed by atoms with Gasteiger partial charge in [-0.1, -0.05) is 66.7 Å². The molecule has 0 radical (unpaired) electrons. The Balaban J connectivity index is 2.06. The lowest BCUT2D eigenvalue weighted by Gasteiger charge is -2.22. The summed E-state index contributed by atoms with van der Waals surface area (Å²) >= 11 is 0. The molecule has 3 rings (SSSR count). The summed E-state index contributed by atoms with van der Waals surface area (Å²) in [5, 5.41) is 0. The normalized spacial score (nSPS) is 10.4. The van der Waals surface area contributed by atoms with Gasteiger partial charge in [-0.05, 0) is 66.8 Å². The molecule has 0 aliphatic carbocycles. The number of hydrogen-bond acceptors (Lipinski definition) is 1. The van der Waals surface area contributed by atoms with Crippen molar-refractivity contribution < 1.29 is 0 Å². The van der Waals surface area contributed by atoms with Crippen LogP contribution in [0, 0.1) is 6.92 Å². The first kappa shape index (κ1) is 18.0. The summed E-state index contributed by atoms with van der Waals surface area (Å²) in [6, 6.07) is 28.0. The molecule has 1 nitrogen and oxygen atoms in total. The fourth-order valence-corrected chi connectivity index (χ4v) is 3.33. The van der Waals surface area contributed by atoms with Gasteiger partial charge in [0.2, 0.25) is 0 Å². The van der Waals surface area contributed by atoms with E-state index in [1.807, 2.05) is 0 Å². The first-order chi connectivity index (χ1) is 12.7. The molecule has 0 bridgehead atoms. The van der Waals surface area contributed by atoms with Gasteiger partial charge in [-0.25, -0.2) is 0 Å². The van der Waals surface area contributed by atoms with Gasteiger partial charge in [-0.15, -0.1) is 0 Å². The first-order valence-electron chi connectivity index (χ1n) is 9.41. The van der Waals surface area contributed by atoms with Crippen LogP contribution in [0.5, 0.6) is 0 Å². The number of benzene rings is 3. The highest BCUT2D eigenvalue weighted by Gasteiger charge is 2.08. The van der Waals surface area contributed by atoms with Gasteiger partial charge in [0.15, 0.2) is 0 Å². The quantitative estimate of drug-likeness (QED) is 0.467. The van der Waals surface area contributed by atoms with Gasteiger partial charge >= 0.3 is 0 Å². The molecule has 0 aliphatic heterocycles. The SMILES string of the molecule is CCN(CC)c1ccc(C=C(c2ccccc2)c2ccccc2)c(C)c1. The highest BCUT2D eigenvalue weighted by molar-refractivity contribution is 5.92. The van der Waals surface area contributed by atoms with E-state index in [4.69, 9.17) is 0 Å². The minimum absolute atomic E-state index is 1.03. The smallest absolute Gasteiger partial charge is 0.0369 e. The molecule has 0 saturated carbocycles. The summed E-state index contributed by atoms with van der Waals surface area (Å²) in [7, 11) is 0. The number of rotatable bonds is 6. The lowest BCUT2D eigenvalue weighted by atomic mass is 9.94. The van der Waals surface area contributed by atoms with E-state index in [-0.39, 0.29) is 0 Å². The van der Waals surface area contributed by atoms with Crippen LogP contribution in [-0.2, 0) is 0 Å². The Kier molecular flexibility index (Phi) is 5.91. The van der Waals surface area contributed by atoms with Crippen molar-refractivity contribution in [3.63, 3.8) is 0 Å². The zero-order valence-electron chi connectivity index (χ0n) is 15.9. The lowest BCUT2D eigenvalue weighted by Crippen LogP contribution is -2.21. The van der Waals surface area contributed by atoms with Crippen molar-refractivity contribution in [3.05, 3.63) is 101 Å². The molecule has 3 aromatic carbocycles. The Hall–Kier alpha value is -2.80. The van der Waals surface area contributed by atoms with Crippen LogP contribution >= 0.6 is 0 Å². The molecular formula is C25H27N. The maximum absolute atomic E-state index is 2.38. The van der Waals surface area contributed by atoms with Gasteiger partial charge in [0.05, 0.1) is 0 Å². The van der Waals surface area contributed by atoms with Crippen molar-refractivity contribution >= 4 is 17.3 Å². The van der Waals surface area contributed by atoms with Crippen molar-refractivity contribution in [2.45, 2.75) is 20.8 Å². The molecule has 3 aromatic rings. The van der Waals surface area contributed by atoms with E-state index in [0.717, 1.165) is 13.1 Å². The lowest BCUT2D eigenvalue weighted by molar-refractivity contribution is 0.865.